The van der Waals surface area contributed by atoms with E-state index in [2.05, 4.69) is 21.0 Å². The molecular formula is C11H17BrN2O3S. The van der Waals surface area contributed by atoms with E-state index in [9.17, 15) is 9.00 Å². The second kappa shape index (κ2) is 6.47. The summed E-state index contributed by atoms with van der Waals surface area (Å²) in [5.41, 5.74) is 1.72. The highest BCUT2D eigenvalue weighted by molar-refractivity contribution is 9.10. The maximum absolute atomic E-state index is 12.1. The molecule has 0 saturated carbocycles. The van der Waals surface area contributed by atoms with Crippen LogP contribution in [0.5, 0.6) is 0 Å². The highest BCUT2D eigenvalue weighted by Gasteiger charge is 2.20. The van der Waals surface area contributed by atoms with Gasteiger partial charge in [0, 0.05) is 22.6 Å². The smallest absolute Gasteiger partial charge is 0.304 e. The van der Waals surface area contributed by atoms with Crippen LogP contribution in [0, 0.1) is 6.92 Å². The molecule has 5 nitrogen and oxygen atoms in total. The van der Waals surface area contributed by atoms with Gasteiger partial charge in [0.25, 0.3) is 0 Å². The van der Waals surface area contributed by atoms with Crippen LogP contribution in [0.4, 0.5) is 0 Å². The van der Waals surface area contributed by atoms with Gasteiger partial charge in [-0.2, -0.15) is 5.10 Å². The van der Waals surface area contributed by atoms with Gasteiger partial charge >= 0.3 is 5.97 Å². The Bertz CT molecular complexity index is 473. The number of hydrogen-bond donors (Lipinski definition) is 1. The summed E-state index contributed by atoms with van der Waals surface area (Å²) >= 11 is 3.44. The molecule has 7 heteroatoms. The van der Waals surface area contributed by atoms with E-state index >= 15 is 0 Å². The third kappa shape index (κ3) is 3.65. The summed E-state index contributed by atoms with van der Waals surface area (Å²) in [5.74, 6) is -0.598. The number of nitrogens with zero attached hydrogens (tertiary/aromatic N) is 2. The fourth-order valence-corrected chi connectivity index (χ4v) is 3.41. The molecule has 0 fully saturated rings. The van der Waals surface area contributed by atoms with Crippen LogP contribution in [0.1, 0.15) is 31.7 Å². The van der Waals surface area contributed by atoms with Gasteiger partial charge in [-0.25, -0.2) is 0 Å². The van der Waals surface area contributed by atoms with Gasteiger partial charge in [0.2, 0.25) is 0 Å². The minimum atomic E-state index is -1.22. The van der Waals surface area contributed by atoms with Crippen molar-refractivity contribution >= 4 is 32.7 Å². The predicted octanol–water partition coefficient (Wildman–Crippen LogP) is 2.09. The molecule has 0 aromatic carbocycles. The molecule has 102 valence electrons. The second-order valence-corrected chi connectivity index (χ2v) is 6.74. The van der Waals surface area contributed by atoms with Crippen LogP contribution in [0.3, 0.4) is 0 Å². The Labute approximate surface area is 117 Å². The highest BCUT2D eigenvalue weighted by Crippen LogP contribution is 2.23. The molecule has 18 heavy (non-hydrogen) atoms. The fourth-order valence-electron chi connectivity index (χ4n) is 1.62. The van der Waals surface area contributed by atoms with Gasteiger partial charge in [0.15, 0.2) is 0 Å². The first-order valence-electron chi connectivity index (χ1n) is 5.67. The van der Waals surface area contributed by atoms with E-state index in [1.807, 2.05) is 13.8 Å². The molecule has 1 aromatic rings. The summed E-state index contributed by atoms with van der Waals surface area (Å²) in [7, 11) is -1.22. The van der Waals surface area contributed by atoms with E-state index in [1.165, 1.54) is 0 Å². The van der Waals surface area contributed by atoms with Crippen LogP contribution in [0.15, 0.2) is 4.47 Å². The number of aryl methyl sites for hydroxylation is 2. The number of halogens is 1. The standard InChI is InChI=1S/C11H17BrN2O3S/c1-4-14-9(11(12)8(3)13-14)6-18(17)7(2)5-10(15)16/h7H,4-6H2,1-3H3,(H,15,16). The summed E-state index contributed by atoms with van der Waals surface area (Å²) < 4.78 is 14.7. The Balaban J connectivity index is 2.84. The Morgan fingerprint density at radius 1 is 1.61 bits per heavy atom. The van der Waals surface area contributed by atoms with Crippen molar-refractivity contribution in [2.75, 3.05) is 0 Å². The zero-order valence-corrected chi connectivity index (χ0v) is 13.0. The Kier molecular flexibility index (Phi) is 5.52. The number of carboxylic acid groups (broad SMARTS) is 1. The molecule has 0 radical (unpaired) electrons. The Morgan fingerprint density at radius 3 is 2.72 bits per heavy atom. The average Bonchev–Trinajstić information content (AvgIpc) is 2.55. The quantitative estimate of drug-likeness (QED) is 0.863. The van der Waals surface area contributed by atoms with Crippen molar-refractivity contribution in [3.05, 3.63) is 15.9 Å². The zero-order valence-electron chi connectivity index (χ0n) is 10.6. The van der Waals surface area contributed by atoms with E-state index in [0.29, 0.717) is 12.3 Å². The number of aliphatic carboxylic acids is 1. The van der Waals surface area contributed by atoms with Crippen LogP contribution in [-0.4, -0.2) is 30.3 Å². The van der Waals surface area contributed by atoms with Gasteiger partial charge in [-0.3, -0.25) is 13.7 Å². The lowest BCUT2D eigenvalue weighted by Gasteiger charge is -2.10. The number of rotatable bonds is 6. The van der Waals surface area contributed by atoms with Gasteiger partial charge < -0.3 is 5.11 Å². The van der Waals surface area contributed by atoms with E-state index in [-0.39, 0.29) is 11.7 Å². The van der Waals surface area contributed by atoms with Crippen molar-refractivity contribution in [1.29, 1.82) is 0 Å². The Morgan fingerprint density at radius 2 is 2.22 bits per heavy atom. The fraction of sp³-hybridized carbons (Fsp3) is 0.636. The van der Waals surface area contributed by atoms with Crippen LogP contribution in [0.2, 0.25) is 0 Å². The molecule has 1 rings (SSSR count). The molecule has 0 aliphatic heterocycles. The van der Waals surface area contributed by atoms with Crippen LogP contribution < -0.4 is 0 Å². The molecule has 0 aliphatic rings. The average molecular weight is 337 g/mol. The molecule has 0 bridgehead atoms. The largest absolute Gasteiger partial charge is 0.481 e. The lowest BCUT2D eigenvalue weighted by Crippen LogP contribution is -2.18. The van der Waals surface area contributed by atoms with E-state index in [0.717, 1.165) is 15.9 Å². The normalized spacial score (nSPS) is 14.4. The molecule has 1 aromatic heterocycles. The van der Waals surface area contributed by atoms with Crippen molar-refractivity contribution in [3.63, 3.8) is 0 Å². The molecular weight excluding hydrogens is 320 g/mol. The van der Waals surface area contributed by atoms with E-state index < -0.39 is 16.8 Å². The minimum Gasteiger partial charge on any atom is -0.481 e. The SMILES string of the molecule is CCn1nc(C)c(Br)c1CS(=O)C(C)CC(=O)O. The molecule has 1 heterocycles. The van der Waals surface area contributed by atoms with Crippen LogP contribution >= 0.6 is 15.9 Å². The first kappa shape index (κ1) is 15.4. The van der Waals surface area contributed by atoms with E-state index in [4.69, 9.17) is 5.11 Å². The predicted molar refractivity (Wildman–Crippen MR) is 73.9 cm³/mol. The van der Waals surface area contributed by atoms with Crippen LogP contribution in [-0.2, 0) is 27.9 Å². The summed E-state index contributed by atoms with van der Waals surface area (Å²) in [5, 5.41) is 12.7. The number of carboxylic acids is 1. The van der Waals surface area contributed by atoms with Gasteiger partial charge in [-0.05, 0) is 29.8 Å². The lowest BCUT2D eigenvalue weighted by atomic mass is 10.3. The minimum absolute atomic E-state index is 0.0799. The third-order valence-corrected chi connectivity index (χ3v) is 5.30. The van der Waals surface area contributed by atoms with Crippen LogP contribution in [0.25, 0.3) is 0 Å². The van der Waals surface area contributed by atoms with Crippen molar-refractivity contribution in [2.24, 2.45) is 0 Å². The number of aromatic nitrogens is 2. The molecule has 0 spiro atoms. The van der Waals surface area contributed by atoms with E-state index in [1.54, 1.807) is 11.6 Å². The van der Waals surface area contributed by atoms with Gasteiger partial charge in [0.1, 0.15) is 0 Å². The number of hydrogen-bond acceptors (Lipinski definition) is 3. The molecule has 0 saturated heterocycles. The van der Waals surface area contributed by atoms with Crippen molar-refractivity contribution in [3.8, 4) is 0 Å². The second-order valence-electron chi connectivity index (χ2n) is 4.10. The molecule has 0 aliphatic carbocycles. The summed E-state index contributed by atoms with van der Waals surface area (Å²) in [6.45, 7) is 6.24. The first-order valence-corrected chi connectivity index (χ1v) is 7.85. The third-order valence-electron chi connectivity index (χ3n) is 2.64. The van der Waals surface area contributed by atoms with Gasteiger partial charge in [-0.1, -0.05) is 6.92 Å². The summed E-state index contributed by atoms with van der Waals surface area (Å²) in [4.78, 5) is 10.6. The monoisotopic (exact) mass is 336 g/mol. The van der Waals surface area contributed by atoms with Crippen molar-refractivity contribution in [1.82, 2.24) is 9.78 Å². The highest BCUT2D eigenvalue weighted by atomic mass is 79.9. The first-order chi connectivity index (χ1) is 8.36. The topological polar surface area (TPSA) is 72.2 Å². The molecule has 1 N–H and O–H groups in total. The summed E-state index contributed by atoms with van der Waals surface area (Å²) in [6, 6.07) is 0. The van der Waals surface area contributed by atoms with Crippen molar-refractivity contribution in [2.45, 2.75) is 44.7 Å². The van der Waals surface area contributed by atoms with Crippen molar-refractivity contribution < 1.29 is 14.1 Å². The zero-order chi connectivity index (χ0) is 13.9. The van der Waals surface area contributed by atoms with Gasteiger partial charge in [-0.15, -0.1) is 0 Å². The lowest BCUT2D eigenvalue weighted by molar-refractivity contribution is -0.136. The molecule has 2 unspecified atom stereocenters. The summed E-state index contributed by atoms with van der Waals surface area (Å²) in [6.07, 6.45) is -0.0799. The maximum atomic E-state index is 12.1. The molecule has 0 amide bonds. The Hall–Kier alpha value is -0.690. The van der Waals surface area contributed by atoms with Gasteiger partial charge in [0.05, 0.1) is 28.0 Å². The molecule has 2 atom stereocenters. The number of carbonyl (C=O) groups is 1. The maximum Gasteiger partial charge on any atom is 0.304 e.